The number of hydrogen-bond acceptors (Lipinski definition) is 2. The van der Waals surface area contributed by atoms with Gasteiger partial charge in [-0.1, -0.05) is 0 Å². The third-order valence-corrected chi connectivity index (χ3v) is 3.51. The molecule has 0 fully saturated rings. The molecule has 1 unspecified atom stereocenters. The van der Waals surface area contributed by atoms with Crippen LogP contribution >= 0.6 is 31.9 Å². The van der Waals surface area contributed by atoms with Gasteiger partial charge in [0.15, 0.2) is 0 Å². The molecule has 0 bridgehead atoms. The first kappa shape index (κ1) is 13.7. The fraction of sp³-hybridized carbons (Fsp3) is 0.364. The van der Waals surface area contributed by atoms with E-state index in [-0.39, 0.29) is 11.9 Å². The summed E-state index contributed by atoms with van der Waals surface area (Å²) in [6.07, 6.45) is 0. The van der Waals surface area contributed by atoms with Crippen molar-refractivity contribution < 1.29 is 4.79 Å². The second-order valence-corrected chi connectivity index (χ2v) is 5.31. The second kappa shape index (κ2) is 5.80. The molecule has 0 aliphatic heterocycles. The van der Waals surface area contributed by atoms with Gasteiger partial charge in [-0.15, -0.1) is 0 Å². The van der Waals surface area contributed by atoms with Crippen LogP contribution in [0.1, 0.15) is 12.5 Å². The van der Waals surface area contributed by atoms with E-state index in [1.54, 1.807) is 7.05 Å². The Hall–Kier alpha value is -0.390. The van der Waals surface area contributed by atoms with E-state index in [1.807, 2.05) is 26.0 Å². The number of hydrogen-bond donors (Lipinski definition) is 2. The maximum absolute atomic E-state index is 11.7. The van der Waals surface area contributed by atoms with Crippen molar-refractivity contribution in [3.05, 3.63) is 26.6 Å². The smallest absolute Gasteiger partial charge is 0.241 e. The van der Waals surface area contributed by atoms with Gasteiger partial charge < -0.3 is 10.6 Å². The standard InChI is InChI=1S/C11H14Br2N2O/c1-6-4-8(12)10(9(13)5-6)15-11(16)7(2)14-3/h4-5,7,14H,1-3H3,(H,15,16). The Morgan fingerprint density at radius 2 is 1.81 bits per heavy atom. The zero-order valence-corrected chi connectivity index (χ0v) is 12.6. The van der Waals surface area contributed by atoms with Crippen LogP contribution in [0.15, 0.2) is 21.1 Å². The molecule has 0 aliphatic rings. The quantitative estimate of drug-likeness (QED) is 0.880. The summed E-state index contributed by atoms with van der Waals surface area (Å²) in [6, 6.07) is 3.70. The highest BCUT2D eigenvalue weighted by Gasteiger charge is 2.14. The van der Waals surface area contributed by atoms with Crippen molar-refractivity contribution in [2.24, 2.45) is 0 Å². The van der Waals surface area contributed by atoms with Crippen molar-refractivity contribution in [2.45, 2.75) is 19.9 Å². The zero-order valence-electron chi connectivity index (χ0n) is 9.40. The molecule has 2 N–H and O–H groups in total. The first-order valence-corrected chi connectivity index (χ1v) is 6.48. The van der Waals surface area contributed by atoms with Crippen LogP contribution in [0.4, 0.5) is 5.69 Å². The average molecular weight is 350 g/mol. The van der Waals surface area contributed by atoms with Crippen molar-refractivity contribution in [1.82, 2.24) is 5.32 Å². The molecule has 0 saturated carbocycles. The van der Waals surface area contributed by atoms with Crippen LogP contribution in [0.5, 0.6) is 0 Å². The van der Waals surface area contributed by atoms with Crippen molar-refractivity contribution in [1.29, 1.82) is 0 Å². The summed E-state index contributed by atoms with van der Waals surface area (Å²) in [4.78, 5) is 11.7. The maximum Gasteiger partial charge on any atom is 0.241 e. The van der Waals surface area contributed by atoms with Crippen LogP contribution < -0.4 is 10.6 Å². The minimum atomic E-state index is -0.222. The molecule has 0 spiro atoms. The van der Waals surface area contributed by atoms with Crippen molar-refractivity contribution in [3.8, 4) is 0 Å². The topological polar surface area (TPSA) is 41.1 Å². The van der Waals surface area contributed by atoms with Gasteiger partial charge in [-0.2, -0.15) is 0 Å². The van der Waals surface area contributed by atoms with E-state index in [2.05, 4.69) is 42.5 Å². The Bertz CT molecular complexity index is 384. The molecule has 1 atom stereocenters. The average Bonchev–Trinajstić information content (AvgIpc) is 2.21. The lowest BCUT2D eigenvalue weighted by Gasteiger charge is -2.14. The molecule has 0 aliphatic carbocycles. The number of carbonyl (C=O) groups is 1. The lowest BCUT2D eigenvalue weighted by atomic mass is 10.2. The van der Waals surface area contributed by atoms with Gasteiger partial charge in [0, 0.05) is 8.95 Å². The molecule has 1 aromatic rings. The Labute approximate surface area is 112 Å². The van der Waals surface area contributed by atoms with Crippen LogP contribution in [0.25, 0.3) is 0 Å². The van der Waals surface area contributed by atoms with Crippen LogP contribution in [-0.2, 0) is 4.79 Å². The van der Waals surface area contributed by atoms with Gasteiger partial charge in [-0.25, -0.2) is 0 Å². The minimum absolute atomic E-state index is 0.0623. The fourth-order valence-electron chi connectivity index (χ4n) is 1.18. The van der Waals surface area contributed by atoms with Gasteiger partial charge in [0.25, 0.3) is 0 Å². The third-order valence-electron chi connectivity index (χ3n) is 2.26. The second-order valence-electron chi connectivity index (χ2n) is 3.60. The normalized spacial score (nSPS) is 12.3. The largest absolute Gasteiger partial charge is 0.323 e. The zero-order chi connectivity index (χ0) is 12.3. The van der Waals surface area contributed by atoms with Crippen molar-refractivity contribution in [3.63, 3.8) is 0 Å². The van der Waals surface area contributed by atoms with E-state index in [9.17, 15) is 4.79 Å². The molecule has 0 heterocycles. The SMILES string of the molecule is CNC(C)C(=O)Nc1c(Br)cc(C)cc1Br. The number of anilines is 1. The molecule has 0 radical (unpaired) electrons. The summed E-state index contributed by atoms with van der Waals surface area (Å²) in [5.41, 5.74) is 1.89. The maximum atomic E-state index is 11.7. The van der Waals surface area contributed by atoms with Gasteiger partial charge in [0.2, 0.25) is 5.91 Å². The number of amides is 1. The first-order valence-electron chi connectivity index (χ1n) is 4.89. The number of halogens is 2. The third kappa shape index (κ3) is 3.30. The Morgan fingerprint density at radius 3 is 2.25 bits per heavy atom. The fourth-order valence-corrected chi connectivity index (χ4v) is 2.80. The Kier molecular flexibility index (Phi) is 4.95. The van der Waals surface area contributed by atoms with E-state index in [0.717, 1.165) is 20.2 Å². The first-order chi connectivity index (χ1) is 7.45. The van der Waals surface area contributed by atoms with E-state index in [4.69, 9.17) is 0 Å². The van der Waals surface area contributed by atoms with Gasteiger partial charge >= 0.3 is 0 Å². The predicted molar refractivity (Wildman–Crippen MR) is 73.7 cm³/mol. The lowest BCUT2D eigenvalue weighted by Crippen LogP contribution is -2.35. The molecule has 1 amide bonds. The monoisotopic (exact) mass is 348 g/mol. The molecule has 0 saturated heterocycles. The highest BCUT2D eigenvalue weighted by Crippen LogP contribution is 2.32. The van der Waals surface area contributed by atoms with Gasteiger partial charge in [0.1, 0.15) is 0 Å². The van der Waals surface area contributed by atoms with E-state index in [1.165, 1.54) is 0 Å². The van der Waals surface area contributed by atoms with Crippen LogP contribution in [0.3, 0.4) is 0 Å². The predicted octanol–water partition coefficient (Wildman–Crippen LogP) is 3.07. The van der Waals surface area contributed by atoms with E-state index in [0.29, 0.717) is 0 Å². The van der Waals surface area contributed by atoms with Gasteiger partial charge in [-0.05, 0) is 70.5 Å². The van der Waals surface area contributed by atoms with Crippen LogP contribution in [0.2, 0.25) is 0 Å². The van der Waals surface area contributed by atoms with Crippen molar-refractivity contribution in [2.75, 3.05) is 12.4 Å². The number of rotatable bonds is 3. The summed E-state index contributed by atoms with van der Waals surface area (Å²) in [6.45, 7) is 3.81. The Balaban J connectivity index is 2.93. The van der Waals surface area contributed by atoms with E-state index < -0.39 is 0 Å². The van der Waals surface area contributed by atoms with Gasteiger partial charge in [0.05, 0.1) is 11.7 Å². The number of aryl methyl sites for hydroxylation is 1. The number of nitrogens with one attached hydrogen (secondary N) is 2. The lowest BCUT2D eigenvalue weighted by molar-refractivity contribution is -0.117. The molecular weight excluding hydrogens is 336 g/mol. The summed E-state index contributed by atoms with van der Waals surface area (Å²) in [5, 5.41) is 5.75. The highest BCUT2D eigenvalue weighted by molar-refractivity contribution is 9.11. The van der Waals surface area contributed by atoms with Crippen LogP contribution in [0, 0.1) is 6.92 Å². The molecule has 1 rings (SSSR count). The Morgan fingerprint density at radius 1 is 1.31 bits per heavy atom. The minimum Gasteiger partial charge on any atom is -0.323 e. The molecule has 3 nitrogen and oxygen atoms in total. The van der Waals surface area contributed by atoms with E-state index >= 15 is 0 Å². The molecule has 1 aromatic carbocycles. The molecular formula is C11H14Br2N2O. The number of carbonyl (C=O) groups excluding carboxylic acids is 1. The molecule has 5 heteroatoms. The molecule has 0 aromatic heterocycles. The van der Waals surface area contributed by atoms with Gasteiger partial charge in [-0.3, -0.25) is 4.79 Å². The molecule has 16 heavy (non-hydrogen) atoms. The number of benzene rings is 1. The summed E-state index contributed by atoms with van der Waals surface area (Å²) >= 11 is 6.86. The highest BCUT2D eigenvalue weighted by atomic mass is 79.9. The summed E-state index contributed by atoms with van der Waals surface area (Å²) < 4.78 is 1.74. The van der Waals surface area contributed by atoms with Crippen molar-refractivity contribution >= 4 is 43.5 Å². The molecule has 88 valence electrons. The summed E-state index contributed by atoms with van der Waals surface area (Å²) in [5.74, 6) is -0.0623. The number of likely N-dealkylation sites (N-methyl/N-ethyl adjacent to an activating group) is 1. The summed E-state index contributed by atoms with van der Waals surface area (Å²) in [7, 11) is 1.75. The van der Waals surface area contributed by atoms with Crippen LogP contribution in [-0.4, -0.2) is 19.0 Å².